The molecule has 1 heterocycles. The second-order valence-corrected chi connectivity index (χ2v) is 1.36. The summed E-state index contributed by atoms with van der Waals surface area (Å²) in [5.74, 6) is 1.29. The van der Waals surface area contributed by atoms with Crippen LogP contribution in [0.5, 0.6) is 0 Å². The van der Waals surface area contributed by atoms with E-state index in [0.717, 1.165) is 5.76 Å². The summed E-state index contributed by atoms with van der Waals surface area (Å²) in [6.07, 6.45) is 1.64. The molecule has 0 aromatic carbocycles. The molecule has 0 aliphatic heterocycles. The standard InChI is InChI=1S/C5H6NO/c1-4-3-6-5(2)7-4/h3H,2H2,1H3. The summed E-state index contributed by atoms with van der Waals surface area (Å²) in [6, 6.07) is 0. The zero-order valence-electron chi connectivity index (χ0n) is 4.14. The second kappa shape index (κ2) is 1.37. The summed E-state index contributed by atoms with van der Waals surface area (Å²) in [5.41, 5.74) is 0. The van der Waals surface area contributed by atoms with Crippen LogP contribution in [0.1, 0.15) is 11.7 Å². The largest absolute Gasteiger partial charge is 0.446 e. The zero-order chi connectivity index (χ0) is 5.28. The molecular weight excluding hydrogens is 90.1 g/mol. The lowest BCUT2D eigenvalue weighted by atomic mass is 10.6. The molecule has 0 aliphatic rings. The molecule has 1 radical (unpaired) electrons. The summed E-state index contributed by atoms with van der Waals surface area (Å²) < 4.78 is 4.86. The number of nitrogens with zero attached hydrogens (tertiary/aromatic N) is 1. The molecule has 7 heavy (non-hydrogen) atoms. The molecular formula is C5H6NO. The minimum atomic E-state index is 0.484. The zero-order valence-corrected chi connectivity index (χ0v) is 4.14. The quantitative estimate of drug-likeness (QED) is 0.484. The first-order chi connectivity index (χ1) is 3.29. The molecule has 2 nitrogen and oxygen atoms in total. The van der Waals surface area contributed by atoms with Gasteiger partial charge < -0.3 is 4.42 Å². The lowest BCUT2D eigenvalue weighted by Gasteiger charge is -1.73. The molecule has 1 aromatic rings. The lowest BCUT2D eigenvalue weighted by molar-refractivity contribution is 0.508. The maximum atomic E-state index is 4.86. The highest BCUT2D eigenvalue weighted by atomic mass is 16.3. The van der Waals surface area contributed by atoms with Crippen molar-refractivity contribution in [2.75, 3.05) is 0 Å². The average Bonchev–Trinajstić information content (AvgIpc) is 1.87. The Balaban J connectivity index is 3.04. The number of hydrogen-bond acceptors (Lipinski definition) is 2. The number of aromatic nitrogens is 1. The number of hydrogen-bond donors (Lipinski definition) is 0. The van der Waals surface area contributed by atoms with Crippen molar-refractivity contribution in [1.82, 2.24) is 4.98 Å². The molecule has 0 unspecified atom stereocenters. The van der Waals surface area contributed by atoms with E-state index in [2.05, 4.69) is 11.9 Å². The van der Waals surface area contributed by atoms with E-state index >= 15 is 0 Å². The first kappa shape index (κ1) is 4.37. The topological polar surface area (TPSA) is 26.0 Å². The van der Waals surface area contributed by atoms with Crippen molar-refractivity contribution in [3.05, 3.63) is 24.8 Å². The molecule has 2 heteroatoms. The van der Waals surface area contributed by atoms with Gasteiger partial charge in [-0.25, -0.2) is 4.98 Å². The minimum Gasteiger partial charge on any atom is -0.446 e. The van der Waals surface area contributed by atoms with E-state index < -0.39 is 0 Å². The van der Waals surface area contributed by atoms with Gasteiger partial charge >= 0.3 is 0 Å². The second-order valence-electron chi connectivity index (χ2n) is 1.36. The Kier molecular flexibility index (Phi) is 0.855. The van der Waals surface area contributed by atoms with E-state index in [1.807, 2.05) is 6.92 Å². The predicted molar refractivity (Wildman–Crippen MR) is 25.7 cm³/mol. The molecule has 0 bridgehead atoms. The third-order valence-corrected chi connectivity index (χ3v) is 0.669. The third kappa shape index (κ3) is 0.796. The summed E-state index contributed by atoms with van der Waals surface area (Å²) in [7, 11) is 0. The van der Waals surface area contributed by atoms with Gasteiger partial charge in [-0.2, -0.15) is 0 Å². The van der Waals surface area contributed by atoms with Crippen LogP contribution in [0.4, 0.5) is 0 Å². The molecule has 0 amide bonds. The SMILES string of the molecule is [CH2]c1ncc(C)o1. The van der Waals surface area contributed by atoms with Crippen LogP contribution < -0.4 is 0 Å². The minimum absolute atomic E-state index is 0.484. The Morgan fingerprint density at radius 3 is 2.71 bits per heavy atom. The van der Waals surface area contributed by atoms with Crippen LogP contribution in [-0.2, 0) is 0 Å². The van der Waals surface area contributed by atoms with Gasteiger partial charge in [0.1, 0.15) is 5.76 Å². The van der Waals surface area contributed by atoms with Crippen LogP contribution in [0.2, 0.25) is 0 Å². The molecule has 0 atom stereocenters. The average molecular weight is 96.1 g/mol. The maximum Gasteiger partial charge on any atom is 0.194 e. The lowest BCUT2D eigenvalue weighted by Crippen LogP contribution is -1.59. The van der Waals surface area contributed by atoms with E-state index in [9.17, 15) is 0 Å². The van der Waals surface area contributed by atoms with Crippen LogP contribution >= 0.6 is 0 Å². The fourth-order valence-electron chi connectivity index (χ4n) is 0.401. The van der Waals surface area contributed by atoms with Gasteiger partial charge in [0.05, 0.1) is 6.20 Å². The monoisotopic (exact) mass is 96.0 g/mol. The summed E-state index contributed by atoms with van der Waals surface area (Å²) in [4.78, 5) is 3.74. The van der Waals surface area contributed by atoms with Gasteiger partial charge in [-0.05, 0) is 6.92 Å². The summed E-state index contributed by atoms with van der Waals surface area (Å²) in [5, 5.41) is 0. The Labute approximate surface area is 42.2 Å². The van der Waals surface area contributed by atoms with Crippen LogP contribution in [0, 0.1) is 13.8 Å². The van der Waals surface area contributed by atoms with Crippen molar-refractivity contribution in [2.45, 2.75) is 6.92 Å². The smallest absolute Gasteiger partial charge is 0.194 e. The fourth-order valence-corrected chi connectivity index (χ4v) is 0.401. The van der Waals surface area contributed by atoms with Crippen molar-refractivity contribution in [3.63, 3.8) is 0 Å². The highest BCUT2D eigenvalue weighted by molar-refractivity contribution is 4.92. The molecule has 0 aliphatic carbocycles. The van der Waals surface area contributed by atoms with Crippen molar-refractivity contribution in [2.24, 2.45) is 0 Å². The van der Waals surface area contributed by atoms with Crippen molar-refractivity contribution >= 4 is 0 Å². The number of oxazole rings is 1. The molecule has 0 saturated carbocycles. The maximum absolute atomic E-state index is 4.86. The molecule has 1 rings (SSSR count). The van der Waals surface area contributed by atoms with Gasteiger partial charge in [0.15, 0.2) is 5.89 Å². The van der Waals surface area contributed by atoms with E-state index in [-0.39, 0.29) is 0 Å². The van der Waals surface area contributed by atoms with Gasteiger partial charge in [0, 0.05) is 6.92 Å². The summed E-state index contributed by atoms with van der Waals surface area (Å²) >= 11 is 0. The third-order valence-electron chi connectivity index (χ3n) is 0.669. The highest BCUT2D eigenvalue weighted by Crippen LogP contribution is 1.96. The van der Waals surface area contributed by atoms with E-state index in [4.69, 9.17) is 4.42 Å². The van der Waals surface area contributed by atoms with Crippen molar-refractivity contribution in [3.8, 4) is 0 Å². The van der Waals surface area contributed by atoms with Crippen LogP contribution in [0.25, 0.3) is 0 Å². The van der Waals surface area contributed by atoms with Crippen LogP contribution in [0.15, 0.2) is 10.6 Å². The van der Waals surface area contributed by atoms with Crippen molar-refractivity contribution < 1.29 is 4.42 Å². The van der Waals surface area contributed by atoms with Crippen LogP contribution in [-0.4, -0.2) is 4.98 Å². The summed E-state index contributed by atoms with van der Waals surface area (Å²) in [6.45, 7) is 5.30. The first-order valence-corrected chi connectivity index (χ1v) is 2.03. The number of aryl methyl sites for hydroxylation is 1. The van der Waals surface area contributed by atoms with Crippen molar-refractivity contribution in [1.29, 1.82) is 0 Å². The van der Waals surface area contributed by atoms with E-state index in [1.54, 1.807) is 6.20 Å². The van der Waals surface area contributed by atoms with Gasteiger partial charge in [-0.3, -0.25) is 0 Å². The number of rotatable bonds is 0. The molecule has 0 spiro atoms. The first-order valence-electron chi connectivity index (χ1n) is 2.03. The van der Waals surface area contributed by atoms with E-state index in [1.165, 1.54) is 0 Å². The Bertz CT molecular complexity index is 140. The molecule has 0 N–H and O–H groups in total. The highest BCUT2D eigenvalue weighted by Gasteiger charge is 1.87. The Morgan fingerprint density at radius 1 is 1.86 bits per heavy atom. The Hall–Kier alpha value is -0.790. The van der Waals surface area contributed by atoms with Gasteiger partial charge in [0.25, 0.3) is 0 Å². The fraction of sp³-hybridized carbons (Fsp3) is 0.200. The van der Waals surface area contributed by atoms with Gasteiger partial charge in [-0.1, -0.05) is 0 Å². The molecule has 37 valence electrons. The normalized spacial score (nSPS) is 9.43. The van der Waals surface area contributed by atoms with Crippen LogP contribution in [0.3, 0.4) is 0 Å². The van der Waals surface area contributed by atoms with Gasteiger partial charge in [-0.15, -0.1) is 0 Å². The van der Waals surface area contributed by atoms with Gasteiger partial charge in [0.2, 0.25) is 0 Å². The predicted octanol–water partition coefficient (Wildman–Crippen LogP) is 1.17. The molecule has 0 saturated heterocycles. The molecule has 1 aromatic heterocycles. The Morgan fingerprint density at radius 2 is 2.57 bits per heavy atom. The van der Waals surface area contributed by atoms with E-state index in [0.29, 0.717) is 5.89 Å². The molecule has 0 fully saturated rings.